The molecule has 21 heavy (non-hydrogen) atoms. The van der Waals surface area contributed by atoms with Crippen LogP contribution in [0.2, 0.25) is 5.02 Å². The average Bonchev–Trinajstić information content (AvgIpc) is 2.91. The molecular weight excluding hydrogens is 292 g/mol. The van der Waals surface area contributed by atoms with E-state index in [0.29, 0.717) is 26.3 Å². The van der Waals surface area contributed by atoms with Gasteiger partial charge >= 0.3 is 6.09 Å². The summed E-state index contributed by atoms with van der Waals surface area (Å²) in [5.74, 6) is 0. The van der Waals surface area contributed by atoms with Crippen LogP contribution in [0.5, 0.6) is 0 Å². The minimum Gasteiger partial charge on any atom is -0.448 e. The number of amides is 1. The number of hydrogen-bond donors (Lipinski definition) is 0. The molecule has 0 saturated carbocycles. The van der Waals surface area contributed by atoms with Crippen LogP contribution in [0.1, 0.15) is 11.7 Å². The Morgan fingerprint density at radius 2 is 2.05 bits per heavy atom. The molecule has 5 nitrogen and oxygen atoms in total. The van der Waals surface area contributed by atoms with Crippen LogP contribution in [0.3, 0.4) is 0 Å². The van der Waals surface area contributed by atoms with Crippen molar-refractivity contribution in [2.75, 3.05) is 45.9 Å². The van der Waals surface area contributed by atoms with E-state index >= 15 is 0 Å². The number of carbonyl (C=O) groups is 1. The van der Waals surface area contributed by atoms with E-state index in [1.807, 2.05) is 24.3 Å². The van der Waals surface area contributed by atoms with Crippen molar-refractivity contribution < 1.29 is 14.3 Å². The third-order valence-electron chi connectivity index (χ3n) is 3.93. The van der Waals surface area contributed by atoms with Gasteiger partial charge < -0.3 is 14.4 Å². The number of carbonyl (C=O) groups excluding carboxylic acids is 1. The molecule has 2 fully saturated rings. The Kier molecular flexibility index (Phi) is 4.63. The molecule has 2 aliphatic rings. The van der Waals surface area contributed by atoms with Gasteiger partial charge in [-0.25, -0.2) is 4.79 Å². The molecule has 0 spiro atoms. The van der Waals surface area contributed by atoms with Crippen LogP contribution in [-0.2, 0) is 9.47 Å². The van der Waals surface area contributed by atoms with Gasteiger partial charge in [0.2, 0.25) is 0 Å². The predicted molar refractivity (Wildman–Crippen MR) is 79.5 cm³/mol. The van der Waals surface area contributed by atoms with Crippen molar-refractivity contribution in [3.63, 3.8) is 0 Å². The van der Waals surface area contributed by atoms with Crippen LogP contribution in [-0.4, -0.2) is 61.8 Å². The van der Waals surface area contributed by atoms with Crippen LogP contribution in [0.15, 0.2) is 24.3 Å². The first-order chi connectivity index (χ1) is 10.2. The summed E-state index contributed by atoms with van der Waals surface area (Å²) < 4.78 is 10.8. The molecule has 114 valence electrons. The number of cyclic esters (lactones) is 1. The second-order valence-corrected chi connectivity index (χ2v) is 5.69. The second-order valence-electron chi connectivity index (χ2n) is 5.28. The summed E-state index contributed by atoms with van der Waals surface area (Å²) in [6.07, 6.45) is -0.205. The van der Waals surface area contributed by atoms with Crippen molar-refractivity contribution >= 4 is 17.7 Å². The topological polar surface area (TPSA) is 42.0 Å². The molecule has 1 aromatic carbocycles. The molecule has 0 N–H and O–H groups in total. The van der Waals surface area contributed by atoms with Crippen molar-refractivity contribution in [1.29, 1.82) is 0 Å². The molecule has 0 radical (unpaired) electrons. The lowest BCUT2D eigenvalue weighted by atomic mass is 10.1. The van der Waals surface area contributed by atoms with Crippen LogP contribution in [0.25, 0.3) is 0 Å². The lowest BCUT2D eigenvalue weighted by Crippen LogP contribution is -2.43. The Morgan fingerprint density at radius 1 is 1.19 bits per heavy atom. The van der Waals surface area contributed by atoms with Gasteiger partial charge in [0.25, 0.3) is 0 Å². The van der Waals surface area contributed by atoms with E-state index in [4.69, 9.17) is 21.1 Å². The summed E-state index contributed by atoms with van der Waals surface area (Å²) in [5.41, 5.74) is 1.03. The largest absolute Gasteiger partial charge is 0.448 e. The van der Waals surface area contributed by atoms with E-state index in [0.717, 1.165) is 30.2 Å². The Labute approximate surface area is 129 Å². The Balaban J connectivity index is 1.56. The number of morpholine rings is 1. The van der Waals surface area contributed by atoms with E-state index in [1.165, 1.54) is 0 Å². The summed E-state index contributed by atoms with van der Waals surface area (Å²) in [7, 11) is 0. The monoisotopic (exact) mass is 310 g/mol. The molecule has 1 atom stereocenters. The maximum absolute atomic E-state index is 11.4. The number of benzene rings is 1. The van der Waals surface area contributed by atoms with Crippen molar-refractivity contribution in [2.45, 2.75) is 6.10 Å². The van der Waals surface area contributed by atoms with Gasteiger partial charge in [0.05, 0.1) is 19.3 Å². The second kappa shape index (κ2) is 6.64. The highest BCUT2D eigenvalue weighted by atomic mass is 35.5. The molecular formula is C15H19ClN2O3. The van der Waals surface area contributed by atoms with E-state index in [9.17, 15) is 4.79 Å². The van der Waals surface area contributed by atoms with Crippen molar-refractivity contribution in [3.05, 3.63) is 34.9 Å². The Morgan fingerprint density at radius 3 is 2.81 bits per heavy atom. The molecule has 1 amide bonds. The molecule has 3 rings (SSSR count). The van der Waals surface area contributed by atoms with E-state index in [2.05, 4.69) is 4.90 Å². The molecule has 0 bridgehead atoms. The fourth-order valence-corrected chi connectivity index (χ4v) is 2.98. The van der Waals surface area contributed by atoms with Crippen LogP contribution >= 0.6 is 11.6 Å². The SMILES string of the molecule is O=C1OCCN1CCN1CCOC(c2ccccc2Cl)C1. The number of rotatable bonds is 4. The molecule has 1 aromatic rings. The van der Waals surface area contributed by atoms with Gasteiger partial charge in [-0.3, -0.25) is 4.90 Å². The molecule has 0 aromatic heterocycles. The van der Waals surface area contributed by atoms with Crippen LogP contribution < -0.4 is 0 Å². The van der Waals surface area contributed by atoms with Crippen LogP contribution in [0, 0.1) is 0 Å². The highest BCUT2D eigenvalue weighted by Crippen LogP contribution is 2.28. The van der Waals surface area contributed by atoms with Gasteiger partial charge in [-0.15, -0.1) is 0 Å². The molecule has 2 aliphatic heterocycles. The van der Waals surface area contributed by atoms with Crippen LogP contribution in [0.4, 0.5) is 4.79 Å². The highest BCUT2D eigenvalue weighted by molar-refractivity contribution is 6.31. The minimum atomic E-state index is -0.203. The fraction of sp³-hybridized carbons (Fsp3) is 0.533. The summed E-state index contributed by atoms with van der Waals surface area (Å²) in [6, 6.07) is 7.79. The zero-order valence-corrected chi connectivity index (χ0v) is 12.6. The van der Waals surface area contributed by atoms with Gasteiger partial charge in [-0.2, -0.15) is 0 Å². The maximum Gasteiger partial charge on any atom is 0.409 e. The lowest BCUT2D eigenvalue weighted by Gasteiger charge is -2.34. The predicted octanol–water partition coefficient (Wildman–Crippen LogP) is 2.17. The first-order valence-corrected chi connectivity index (χ1v) is 7.62. The number of nitrogens with zero attached hydrogens (tertiary/aromatic N) is 2. The summed E-state index contributed by atoms with van der Waals surface area (Å²) in [6.45, 7) is 5.09. The molecule has 0 aliphatic carbocycles. The standard InChI is InChI=1S/C15H19ClN2O3/c16-13-4-2-1-3-12(13)14-11-17(7-9-20-14)5-6-18-8-10-21-15(18)19/h1-4,14H,5-11H2. The summed E-state index contributed by atoms with van der Waals surface area (Å²) in [4.78, 5) is 15.5. The molecule has 2 heterocycles. The quantitative estimate of drug-likeness (QED) is 0.855. The van der Waals surface area contributed by atoms with E-state index in [1.54, 1.807) is 4.90 Å². The first kappa shape index (κ1) is 14.6. The Bertz CT molecular complexity index is 511. The fourth-order valence-electron chi connectivity index (χ4n) is 2.72. The zero-order chi connectivity index (χ0) is 14.7. The van der Waals surface area contributed by atoms with Gasteiger partial charge in [-0.1, -0.05) is 29.8 Å². The number of ether oxygens (including phenoxy) is 2. The average molecular weight is 311 g/mol. The van der Waals surface area contributed by atoms with E-state index in [-0.39, 0.29) is 12.2 Å². The smallest absolute Gasteiger partial charge is 0.409 e. The minimum absolute atomic E-state index is 0.00187. The third-order valence-corrected chi connectivity index (χ3v) is 4.28. The summed E-state index contributed by atoms with van der Waals surface area (Å²) >= 11 is 6.24. The molecule has 6 heteroatoms. The number of hydrogen-bond acceptors (Lipinski definition) is 4. The first-order valence-electron chi connectivity index (χ1n) is 7.24. The molecule has 2 saturated heterocycles. The van der Waals surface area contributed by atoms with Crippen molar-refractivity contribution in [2.24, 2.45) is 0 Å². The summed E-state index contributed by atoms with van der Waals surface area (Å²) in [5, 5.41) is 0.743. The highest BCUT2D eigenvalue weighted by Gasteiger charge is 2.26. The van der Waals surface area contributed by atoms with Gasteiger partial charge in [0.15, 0.2) is 0 Å². The molecule has 1 unspecified atom stereocenters. The zero-order valence-electron chi connectivity index (χ0n) is 11.8. The number of halogens is 1. The maximum atomic E-state index is 11.4. The van der Waals surface area contributed by atoms with Crippen molar-refractivity contribution in [3.8, 4) is 0 Å². The third kappa shape index (κ3) is 3.48. The van der Waals surface area contributed by atoms with E-state index < -0.39 is 0 Å². The normalized spacial score (nSPS) is 23.4. The van der Waals surface area contributed by atoms with Gasteiger partial charge in [-0.05, 0) is 6.07 Å². The van der Waals surface area contributed by atoms with Crippen molar-refractivity contribution in [1.82, 2.24) is 9.80 Å². The van der Waals surface area contributed by atoms with Gasteiger partial charge in [0, 0.05) is 36.8 Å². The lowest BCUT2D eigenvalue weighted by molar-refractivity contribution is -0.0310. The van der Waals surface area contributed by atoms with Gasteiger partial charge in [0.1, 0.15) is 6.61 Å². The Hall–Kier alpha value is -1.30.